The van der Waals surface area contributed by atoms with Crippen molar-refractivity contribution in [2.24, 2.45) is 0 Å². The van der Waals surface area contributed by atoms with Crippen molar-refractivity contribution in [3.8, 4) is 0 Å². The molecule has 0 aromatic heterocycles. The normalized spacial score (nSPS) is 16.7. The third kappa shape index (κ3) is 2.22. The van der Waals surface area contributed by atoms with Crippen molar-refractivity contribution in [1.29, 1.82) is 0 Å². The number of carbonyl (C=O) groups is 2. The number of nitrogens with zero attached hydrogens (tertiary/aromatic N) is 1. The van der Waals surface area contributed by atoms with Gasteiger partial charge in [-0.3, -0.25) is 14.5 Å². The number of imide groups is 1. The van der Waals surface area contributed by atoms with E-state index in [1.165, 1.54) is 24.3 Å². The first-order chi connectivity index (χ1) is 8.88. The molecule has 0 saturated carbocycles. The lowest BCUT2D eigenvalue weighted by Gasteiger charge is -2.27. The average molecular weight is 271 g/mol. The summed E-state index contributed by atoms with van der Waals surface area (Å²) in [5.74, 6) is -1.73. The van der Waals surface area contributed by atoms with Crippen LogP contribution < -0.4 is 0 Å². The van der Waals surface area contributed by atoms with Crippen molar-refractivity contribution in [1.82, 2.24) is 4.90 Å². The summed E-state index contributed by atoms with van der Waals surface area (Å²) >= 11 is 0. The number of hydrogen-bond acceptors (Lipinski definition) is 2. The predicted molar refractivity (Wildman–Crippen MR) is 61.7 cm³/mol. The minimum absolute atomic E-state index is 0.0397. The monoisotopic (exact) mass is 271 g/mol. The van der Waals surface area contributed by atoms with Crippen LogP contribution in [0.4, 0.5) is 13.2 Å². The predicted octanol–water partition coefficient (Wildman–Crippen LogP) is 3.01. The van der Waals surface area contributed by atoms with Crippen LogP contribution in [0.15, 0.2) is 24.3 Å². The van der Waals surface area contributed by atoms with Gasteiger partial charge in [0, 0.05) is 0 Å². The molecule has 2 rings (SSSR count). The molecule has 0 radical (unpaired) electrons. The maximum atomic E-state index is 13.0. The molecule has 102 valence electrons. The molecule has 0 aliphatic carbocycles. The second kappa shape index (κ2) is 4.68. The lowest BCUT2D eigenvalue weighted by Crippen LogP contribution is -2.48. The Balaban J connectivity index is 2.42. The first kappa shape index (κ1) is 13.6. The molecule has 1 aliphatic rings. The van der Waals surface area contributed by atoms with Crippen molar-refractivity contribution >= 4 is 11.8 Å². The summed E-state index contributed by atoms with van der Waals surface area (Å²) in [5, 5.41) is 0. The van der Waals surface area contributed by atoms with E-state index in [0.29, 0.717) is 4.90 Å². The van der Waals surface area contributed by atoms with E-state index in [1.54, 1.807) is 6.92 Å². The molecule has 1 aromatic carbocycles. The van der Waals surface area contributed by atoms with Gasteiger partial charge in [-0.1, -0.05) is 25.5 Å². The average Bonchev–Trinajstić information content (AvgIpc) is 2.59. The van der Waals surface area contributed by atoms with Gasteiger partial charge in [0.15, 0.2) is 0 Å². The highest BCUT2D eigenvalue weighted by atomic mass is 19.4. The Morgan fingerprint density at radius 2 is 1.58 bits per heavy atom. The van der Waals surface area contributed by atoms with Crippen LogP contribution in [-0.2, 0) is 0 Å². The van der Waals surface area contributed by atoms with E-state index >= 15 is 0 Å². The Bertz CT molecular complexity index is 490. The summed E-state index contributed by atoms with van der Waals surface area (Å²) in [6, 6.07) is 3.74. The van der Waals surface area contributed by atoms with Crippen molar-refractivity contribution in [2.75, 3.05) is 0 Å². The summed E-state index contributed by atoms with van der Waals surface area (Å²) in [4.78, 5) is 24.3. The number of halogens is 3. The van der Waals surface area contributed by atoms with Crippen LogP contribution in [0.2, 0.25) is 0 Å². The number of carbonyl (C=O) groups excluding carboxylic acids is 2. The third-order valence-corrected chi connectivity index (χ3v) is 3.08. The van der Waals surface area contributed by atoms with Crippen molar-refractivity contribution in [3.63, 3.8) is 0 Å². The minimum Gasteiger partial charge on any atom is -0.269 e. The Labute approximate surface area is 108 Å². The molecular formula is C13H12F3NO2. The van der Waals surface area contributed by atoms with Crippen LogP contribution in [0.3, 0.4) is 0 Å². The maximum absolute atomic E-state index is 13.0. The number of rotatable bonds is 3. The number of benzene rings is 1. The summed E-state index contributed by atoms with van der Waals surface area (Å²) in [6.07, 6.45) is -4.66. The minimum atomic E-state index is -4.61. The van der Waals surface area contributed by atoms with E-state index in [4.69, 9.17) is 0 Å². The van der Waals surface area contributed by atoms with E-state index < -0.39 is 24.0 Å². The maximum Gasteiger partial charge on any atom is 0.409 e. The Morgan fingerprint density at radius 3 is 1.95 bits per heavy atom. The van der Waals surface area contributed by atoms with Gasteiger partial charge in [0.2, 0.25) is 0 Å². The summed E-state index contributed by atoms with van der Waals surface area (Å²) in [6.45, 7) is 1.58. The number of hydrogen-bond donors (Lipinski definition) is 0. The standard InChI is InChI=1S/C13H12F3NO2/c1-2-5-10(13(14,15)16)17-11(18)8-6-3-4-7-9(8)12(17)19/h3-4,6-7,10H,2,5H2,1H3. The van der Waals surface area contributed by atoms with Crippen LogP contribution in [0.25, 0.3) is 0 Å². The molecule has 1 atom stereocenters. The molecule has 0 N–H and O–H groups in total. The topological polar surface area (TPSA) is 37.4 Å². The van der Waals surface area contributed by atoms with Gasteiger partial charge in [-0.25, -0.2) is 0 Å². The zero-order chi connectivity index (χ0) is 14.2. The van der Waals surface area contributed by atoms with E-state index in [-0.39, 0.29) is 24.0 Å². The van der Waals surface area contributed by atoms with Crippen molar-refractivity contribution in [2.45, 2.75) is 32.0 Å². The first-order valence-corrected chi connectivity index (χ1v) is 5.91. The third-order valence-electron chi connectivity index (χ3n) is 3.08. The number of alkyl halides is 3. The van der Waals surface area contributed by atoms with Crippen LogP contribution in [0.5, 0.6) is 0 Å². The van der Waals surface area contributed by atoms with E-state index in [0.717, 1.165) is 0 Å². The summed E-state index contributed by atoms with van der Waals surface area (Å²) in [7, 11) is 0. The van der Waals surface area contributed by atoms with Gasteiger partial charge < -0.3 is 0 Å². The fourth-order valence-electron chi connectivity index (χ4n) is 2.20. The second-order valence-electron chi connectivity index (χ2n) is 4.37. The molecule has 1 heterocycles. The van der Waals surface area contributed by atoms with Gasteiger partial charge in [-0.05, 0) is 18.6 Å². The van der Waals surface area contributed by atoms with Crippen molar-refractivity contribution in [3.05, 3.63) is 35.4 Å². The lowest BCUT2D eigenvalue weighted by molar-refractivity contribution is -0.172. The molecule has 0 bridgehead atoms. The Morgan fingerprint density at radius 1 is 1.11 bits per heavy atom. The van der Waals surface area contributed by atoms with E-state index in [9.17, 15) is 22.8 Å². The van der Waals surface area contributed by atoms with Gasteiger partial charge in [-0.15, -0.1) is 0 Å². The molecule has 0 spiro atoms. The Hall–Kier alpha value is -1.85. The SMILES string of the molecule is CCCC(N1C(=O)c2ccccc2C1=O)C(F)(F)F. The van der Waals surface area contributed by atoms with E-state index in [2.05, 4.69) is 0 Å². The Kier molecular flexibility index (Phi) is 3.34. The zero-order valence-corrected chi connectivity index (χ0v) is 10.2. The smallest absolute Gasteiger partial charge is 0.269 e. The summed E-state index contributed by atoms with van der Waals surface area (Å²) < 4.78 is 38.9. The van der Waals surface area contributed by atoms with Gasteiger partial charge in [0.25, 0.3) is 11.8 Å². The molecular weight excluding hydrogens is 259 g/mol. The molecule has 6 heteroatoms. The highest BCUT2D eigenvalue weighted by Crippen LogP contribution is 2.34. The highest BCUT2D eigenvalue weighted by Gasteiger charge is 2.50. The van der Waals surface area contributed by atoms with Crippen LogP contribution in [0.1, 0.15) is 40.5 Å². The van der Waals surface area contributed by atoms with Crippen LogP contribution in [-0.4, -0.2) is 28.9 Å². The lowest BCUT2D eigenvalue weighted by atomic mass is 10.1. The number of amides is 2. The molecule has 1 unspecified atom stereocenters. The van der Waals surface area contributed by atoms with Crippen molar-refractivity contribution < 1.29 is 22.8 Å². The van der Waals surface area contributed by atoms with Gasteiger partial charge in [0.1, 0.15) is 6.04 Å². The second-order valence-corrected chi connectivity index (χ2v) is 4.37. The molecule has 0 fully saturated rings. The van der Waals surface area contributed by atoms with Crippen LogP contribution in [0, 0.1) is 0 Å². The molecule has 0 saturated heterocycles. The zero-order valence-electron chi connectivity index (χ0n) is 10.2. The fraction of sp³-hybridized carbons (Fsp3) is 0.385. The molecule has 19 heavy (non-hydrogen) atoms. The van der Waals surface area contributed by atoms with Gasteiger partial charge in [0.05, 0.1) is 11.1 Å². The largest absolute Gasteiger partial charge is 0.409 e. The number of fused-ring (bicyclic) bond motifs is 1. The quantitative estimate of drug-likeness (QED) is 0.792. The van der Waals surface area contributed by atoms with Gasteiger partial charge in [-0.2, -0.15) is 13.2 Å². The van der Waals surface area contributed by atoms with E-state index in [1.807, 2.05) is 0 Å². The van der Waals surface area contributed by atoms with Crippen LogP contribution >= 0.6 is 0 Å². The molecule has 2 amide bonds. The summed E-state index contributed by atoms with van der Waals surface area (Å²) in [5.41, 5.74) is 0.0794. The van der Waals surface area contributed by atoms with Gasteiger partial charge >= 0.3 is 6.18 Å². The highest BCUT2D eigenvalue weighted by molar-refractivity contribution is 6.21. The first-order valence-electron chi connectivity index (χ1n) is 5.91. The molecule has 1 aromatic rings. The molecule has 3 nitrogen and oxygen atoms in total. The fourth-order valence-corrected chi connectivity index (χ4v) is 2.20. The molecule has 1 aliphatic heterocycles.